The Morgan fingerprint density at radius 1 is 0.615 bits per heavy atom. The third-order valence-electron chi connectivity index (χ3n) is 2.61. The summed E-state index contributed by atoms with van der Waals surface area (Å²) in [5, 5.41) is 8.58. The lowest BCUT2D eigenvalue weighted by molar-refractivity contribution is -0.478. The zero-order chi connectivity index (χ0) is 21.6. The van der Waals surface area contributed by atoms with E-state index in [0.29, 0.717) is 6.92 Å². The van der Waals surface area contributed by atoms with Crippen molar-refractivity contribution in [2.45, 2.75) is 62.4 Å². The Hall–Kier alpha value is -1.03. The van der Waals surface area contributed by atoms with E-state index in [1.807, 2.05) is 0 Å². The molecule has 0 aliphatic heterocycles. The van der Waals surface area contributed by atoms with Crippen molar-refractivity contribution in [1.29, 1.82) is 0 Å². The smallest absolute Gasteiger partial charge is 0.368 e. The van der Waals surface area contributed by atoms with Crippen molar-refractivity contribution in [3.63, 3.8) is 0 Å². The van der Waals surface area contributed by atoms with E-state index in [9.17, 15) is 57.1 Å². The largest absolute Gasteiger partial charge is 0.460 e. The molecule has 0 radical (unpaired) electrons. The first-order valence-corrected chi connectivity index (χ1v) is 6.03. The molecular weight excluding hydrogens is 415 g/mol. The number of hydrogen-bond donors (Lipinski definition) is 1. The third kappa shape index (κ3) is 3.95. The summed E-state index contributed by atoms with van der Waals surface area (Å²) in [6.45, 7) is 0.958. The second-order valence-corrected chi connectivity index (χ2v) is 4.73. The van der Waals surface area contributed by atoms with Crippen LogP contribution in [0.25, 0.3) is 0 Å². The number of rotatable bonds is 8. The van der Waals surface area contributed by atoms with Gasteiger partial charge in [0.25, 0.3) is 0 Å². The number of aliphatic hydroxyl groups is 1. The monoisotopic (exact) mass is 424 g/mol. The SMILES string of the molecule is CC(O)OC(C)OC(F)(F)C(F)(F)C(F)(F)C(F)(F)C(F)(F)C(F)(F)F. The van der Waals surface area contributed by atoms with Gasteiger partial charge in [-0.05, 0) is 13.8 Å². The first-order valence-electron chi connectivity index (χ1n) is 6.03. The summed E-state index contributed by atoms with van der Waals surface area (Å²) < 4.78 is 172. The Morgan fingerprint density at radius 3 is 1.27 bits per heavy atom. The zero-order valence-electron chi connectivity index (χ0n) is 12.3. The molecule has 0 fully saturated rings. The first kappa shape index (κ1) is 25.0. The highest BCUT2D eigenvalue weighted by atomic mass is 19.4. The Labute approximate surface area is 135 Å². The van der Waals surface area contributed by atoms with Crippen molar-refractivity contribution < 1.29 is 71.7 Å². The van der Waals surface area contributed by atoms with Crippen LogP contribution in [0.2, 0.25) is 0 Å². The molecule has 0 saturated carbocycles. The van der Waals surface area contributed by atoms with Gasteiger partial charge >= 0.3 is 36.0 Å². The van der Waals surface area contributed by atoms with Crippen LogP contribution in [0.1, 0.15) is 13.8 Å². The van der Waals surface area contributed by atoms with Crippen LogP contribution in [-0.2, 0) is 9.47 Å². The molecule has 26 heavy (non-hydrogen) atoms. The molecule has 0 bridgehead atoms. The van der Waals surface area contributed by atoms with Crippen LogP contribution in [0.4, 0.5) is 57.1 Å². The summed E-state index contributed by atoms with van der Waals surface area (Å²) in [4.78, 5) is 0. The Balaban J connectivity index is 6.00. The van der Waals surface area contributed by atoms with Crippen molar-refractivity contribution >= 4 is 0 Å². The molecule has 2 atom stereocenters. The van der Waals surface area contributed by atoms with Gasteiger partial charge < -0.3 is 9.84 Å². The maximum Gasteiger partial charge on any atom is 0.460 e. The summed E-state index contributed by atoms with van der Waals surface area (Å²) in [5.74, 6) is -31.3. The summed E-state index contributed by atoms with van der Waals surface area (Å²) in [5.41, 5.74) is 0. The standard InChI is InChI=1S/C10H9F13O3/c1-3(24)25-4(2)26-10(22,23)8(17,18)6(13,14)5(11,12)7(15,16)9(19,20)21/h3-4,24H,1-2H3. The van der Waals surface area contributed by atoms with Gasteiger partial charge in [-0.1, -0.05) is 0 Å². The molecule has 3 nitrogen and oxygen atoms in total. The highest BCUT2D eigenvalue weighted by Gasteiger charge is 2.91. The van der Waals surface area contributed by atoms with Gasteiger partial charge in [0.2, 0.25) is 0 Å². The minimum Gasteiger partial charge on any atom is -0.368 e. The second-order valence-electron chi connectivity index (χ2n) is 4.73. The quantitative estimate of drug-likeness (QED) is 0.464. The summed E-state index contributed by atoms with van der Waals surface area (Å²) >= 11 is 0. The van der Waals surface area contributed by atoms with E-state index >= 15 is 0 Å². The number of alkyl halides is 13. The average Bonchev–Trinajstić information content (AvgIpc) is 2.34. The Kier molecular flexibility index (Phi) is 6.58. The van der Waals surface area contributed by atoms with Gasteiger partial charge in [0.1, 0.15) is 0 Å². The number of hydrogen-bond acceptors (Lipinski definition) is 3. The van der Waals surface area contributed by atoms with Gasteiger partial charge in [-0.15, -0.1) is 0 Å². The van der Waals surface area contributed by atoms with E-state index in [-0.39, 0.29) is 6.92 Å². The van der Waals surface area contributed by atoms with Gasteiger partial charge in [0.05, 0.1) is 0 Å². The van der Waals surface area contributed by atoms with Crippen LogP contribution in [0.5, 0.6) is 0 Å². The van der Waals surface area contributed by atoms with E-state index in [2.05, 4.69) is 9.47 Å². The molecule has 0 aliphatic carbocycles. The molecule has 0 amide bonds. The predicted molar refractivity (Wildman–Crippen MR) is 54.1 cm³/mol. The van der Waals surface area contributed by atoms with Gasteiger partial charge in [0, 0.05) is 0 Å². The molecule has 0 rings (SSSR count). The highest BCUT2D eigenvalue weighted by molar-refractivity contribution is 5.08. The first-order chi connectivity index (χ1) is 11.1. The number of aliphatic hydroxyl groups excluding tert-OH is 1. The Bertz CT molecular complexity index is 485. The van der Waals surface area contributed by atoms with Crippen molar-refractivity contribution in [3.05, 3.63) is 0 Å². The lowest BCUT2D eigenvalue weighted by Crippen LogP contribution is -2.70. The Morgan fingerprint density at radius 2 is 0.962 bits per heavy atom. The lowest BCUT2D eigenvalue weighted by atomic mass is 9.97. The molecule has 0 saturated heterocycles. The van der Waals surface area contributed by atoms with Crippen LogP contribution in [0, 0.1) is 0 Å². The van der Waals surface area contributed by atoms with Crippen molar-refractivity contribution in [2.24, 2.45) is 0 Å². The van der Waals surface area contributed by atoms with E-state index in [1.165, 1.54) is 0 Å². The highest BCUT2D eigenvalue weighted by Crippen LogP contribution is 2.60. The second kappa shape index (κ2) is 6.85. The summed E-state index contributed by atoms with van der Waals surface area (Å²) in [6, 6.07) is 0. The van der Waals surface area contributed by atoms with E-state index in [4.69, 9.17) is 5.11 Å². The molecule has 0 aliphatic rings. The minimum absolute atomic E-state index is 0.275. The fraction of sp³-hybridized carbons (Fsp3) is 1.00. The molecule has 2 unspecified atom stereocenters. The van der Waals surface area contributed by atoms with Gasteiger partial charge in [-0.3, -0.25) is 4.74 Å². The average molecular weight is 424 g/mol. The molecule has 0 aromatic heterocycles. The van der Waals surface area contributed by atoms with E-state index in [1.54, 1.807) is 0 Å². The minimum atomic E-state index is -8.00. The van der Waals surface area contributed by atoms with E-state index in [0.717, 1.165) is 0 Å². The molecular formula is C10H9F13O3. The van der Waals surface area contributed by atoms with E-state index < -0.39 is 48.6 Å². The molecule has 1 N–H and O–H groups in total. The van der Waals surface area contributed by atoms with Crippen molar-refractivity contribution in [2.75, 3.05) is 0 Å². The molecule has 158 valence electrons. The lowest BCUT2D eigenvalue weighted by Gasteiger charge is -2.39. The van der Waals surface area contributed by atoms with Gasteiger partial charge in [-0.2, -0.15) is 57.1 Å². The fourth-order valence-electron chi connectivity index (χ4n) is 1.34. The molecule has 0 heterocycles. The number of ether oxygens (including phenoxy) is 2. The van der Waals surface area contributed by atoms with Crippen LogP contribution < -0.4 is 0 Å². The van der Waals surface area contributed by atoms with Crippen LogP contribution in [0.3, 0.4) is 0 Å². The summed E-state index contributed by atoms with van der Waals surface area (Å²) in [6.07, 6.45) is -18.9. The normalized spacial score (nSPS) is 18.0. The molecule has 0 aromatic carbocycles. The zero-order valence-corrected chi connectivity index (χ0v) is 12.3. The fourth-order valence-corrected chi connectivity index (χ4v) is 1.34. The maximum atomic E-state index is 13.2. The van der Waals surface area contributed by atoms with Crippen molar-refractivity contribution in [1.82, 2.24) is 0 Å². The van der Waals surface area contributed by atoms with Crippen LogP contribution in [0.15, 0.2) is 0 Å². The molecule has 16 heteroatoms. The van der Waals surface area contributed by atoms with Crippen molar-refractivity contribution in [3.8, 4) is 0 Å². The molecule has 0 aromatic rings. The topological polar surface area (TPSA) is 38.7 Å². The predicted octanol–water partition coefficient (Wildman–Crippen LogP) is 4.40. The van der Waals surface area contributed by atoms with Crippen LogP contribution in [-0.4, -0.2) is 53.7 Å². The van der Waals surface area contributed by atoms with Crippen LogP contribution >= 0.6 is 0 Å². The number of halogens is 13. The third-order valence-corrected chi connectivity index (χ3v) is 2.61. The molecule has 0 spiro atoms. The van der Waals surface area contributed by atoms with Gasteiger partial charge in [-0.25, -0.2) is 0 Å². The maximum absolute atomic E-state index is 13.2. The summed E-state index contributed by atoms with van der Waals surface area (Å²) in [7, 11) is 0. The van der Waals surface area contributed by atoms with Gasteiger partial charge in [0.15, 0.2) is 12.6 Å².